The molecule has 0 fully saturated rings. The molecule has 0 amide bonds. The Morgan fingerprint density at radius 3 is 2.37 bits per heavy atom. The molecule has 0 aliphatic rings. The van der Waals surface area contributed by atoms with Crippen molar-refractivity contribution in [3.8, 4) is 0 Å². The van der Waals surface area contributed by atoms with Crippen LogP contribution in [-0.2, 0) is 14.8 Å². The molecule has 0 saturated heterocycles. The fourth-order valence-corrected chi connectivity index (χ4v) is 2.67. The number of nitrogens with zero attached hydrogens (tertiary/aromatic N) is 1. The molecule has 6 nitrogen and oxygen atoms in total. The number of rotatable bonds is 7. The Bertz CT molecular complexity index is 538. The van der Waals surface area contributed by atoms with E-state index in [1.165, 1.54) is 0 Å². The molecule has 0 spiro atoms. The van der Waals surface area contributed by atoms with Crippen LogP contribution in [0.3, 0.4) is 0 Å². The van der Waals surface area contributed by atoms with Gasteiger partial charge < -0.3 is 10.0 Å². The van der Waals surface area contributed by atoms with Crippen molar-refractivity contribution in [2.24, 2.45) is 0 Å². The van der Waals surface area contributed by atoms with Crippen LogP contribution in [0.4, 0.5) is 11.4 Å². The maximum Gasteiger partial charge on any atom is 0.320 e. The van der Waals surface area contributed by atoms with Gasteiger partial charge in [-0.15, -0.1) is 0 Å². The first-order valence-corrected chi connectivity index (χ1v) is 7.61. The Labute approximate surface area is 113 Å². The molecule has 0 bridgehead atoms. The highest BCUT2D eigenvalue weighted by molar-refractivity contribution is 7.93. The number of nitrogens with one attached hydrogen (secondary N) is 1. The summed E-state index contributed by atoms with van der Waals surface area (Å²) in [6, 6.07) is 6.92. The van der Waals surface area contributed by atoms with E-state index in [0.717, 1.165) is 18.8 Å². The van der Waals surface area contributed by atoms with Crippen LogP contribution in [0.5, 0.6) is 0 Å². The molecule has 0 unspecified atom stereocenters. The average Bonchev–Trinajstić information content (AvgIpc) is 2.30. The van der Waals surface area contributed by atoms with Crippen LogP contribution in [0, 0.1) is 0 Å². The molecule has 106 valence electrons. The molecule has 0 aliphatic carbocycles. The first kappa shape index (κ1) is 15.3. The number of para-hydroxylation sites is 2. The lowest BCUT2D eigenvalue weighted by Crippen LogP contribution is -2.26. The van der Waals surface area contributed by atoms with Gasteiger partial charge in [-0.1, -0.05) is 12.1 Å². The molecule has 0 saturated carbocycles. The van der Waals surface area contributed by atoms with Crippen molar-refractivity contribution in [3.05, 3.63) is 24.3 Å². The molecule has 1 aromatic rings. The minimum absolute atomic E-state index is 0.396. The minimum atomic E-state index is -3.88. The lowest BCUT2D eigenvalue weighted by atomic mass is 10.2. The maximum atomic E-state index is 11.7. The van der Waals surface area contributed by atoms with Crippen LogP contribution >= 0.6 is 0 Å². The van der Waals surface area contributed by atoms with Gasteiger partial charge in [0.25, 0.3) is 0 Å². The molecule has 0 radical (unpaired) electrons. The molecule has 19 heavy (non-hydrogen) atoms. The molecule has 1 aromatic carbocycles. The number of hydrogen-bond acceptors (Lipinski definition) is 4. The zero-order valence-electron chi connectivity index (χ0n) is 11.0. The Balaban J connectivity index is 3.05. The predicted octanol–water partition coefficient (Wildman–Crippen LogP) is 1.36. The zero-order valence-corrected chi connectivity index (χ0v) is 11.8. The number of carbonyl (C=O) groups is 1. The molecule has 7 heteroatoms. The van der Waals surface area contributed by atoms with Crippen molar-refractivity contribution in [2.45, 2.75) is 13.8 Å². The molecule has 2 N–H and O–H groups in total. The largest absolute Gasteiger partial charge is 0.480 e. The van der Waals surface area contributed by atoms with Crippen LogP contribution in [0.25, 0.3) is 0 Å². The minimum Gasteiger partial charge on any atom is -0.480 e. The third-order valence-corrected chi connectivity index (χ3v) is 3.75. The summed E-state index contributed by atoms with van der Waals surface area (Å²) in [5, 5.41) is 8.57. The number of benzene rings is 1. The number of sulfonamides is 1. The van der Waals surface area contributed by atoms with Gasteiger partial charge in [0.1, 0.15) is 0 Å². The fraction of sp³-hybridized carbons (Fsp3) is 0.417. The van der Waals surface area contributed by atoms with Gasteiger partial charge in [-0.3, -0.25) is 9.52 Å². The van der Waals surface area contributed by atoms with Gasteiger partial charge in [-0.05, 0) is 26.0 Å². The summed E-state index contributed by atoms with van der Waals surface area (Å²) in [7, 11) is -3.88. The van der Waals surface area contributed by atoms with Crippen molar-refractivity contribution >= 4 is 27.4 Å². The Kier molecular flexibility index (Phi) is 5.17. The van der Waals surface area contributed by atoms with Crippen LogP contribution in [0.1, 0.15) is 13.8 Å². The summed E-state index contributed by atoms with van der Waals surface area (Å²) in [6.45, 7) is 5.39. The van der Waals surface area contributed by atoms with Crippen molar-refractivity contribution < 1.29 is 18.3 Å². The number of aliphatic carboxylic acids is 1. The first-order chi connectivity index (χ1) is 8.89. The van der Waals surface area contributed by atoms with E-state index < -0.39 is 21.7 Å². The number of carboxylic acids is 1. The monoisotopic (exact) mass is 286 g/mol. The van der Waals surface area contributed by atoms with Gasteiger partial charge in [0.15, 0.2) is 5.75 Å². The molecular formula is C12H18N2O4S. The van der Waals surface area contributed by atoms with Crippen molar-refractivity contribution in [1.29, 1.82) is 0 Å². The Morgan fingerprint density at radius 1 is 1.26 bits per heavy atom. The topological polar surface area (TPSA) is 86.7 Å². The van der Waals surface area contributed by atoms with Gasteiger partial charge in [0.05, 0.1) is 11.4 Å². The van der Waals surface area contributed by atoms with Gasteiger partial charge in [0.2, 0.25) is 10.0 Å². The summed E-state index contributed by atoms with van der Waals surface area (Å²) in [6.07, 6.45) is 0. The normalized spacial score (nSPS) is 11.1. The Hall–Kier alpha value is -1.76. The number of hydrogen-bond donors (Lipinski definition) is 2. The van der Waals surface area contributed by atoms with E-state index in [0.29, 0.717) is 5.69 Å². The first-order valence-electron chi connectivity index (χ1n) is 5.96. The second-order valence-corrected chi connectivity index (χ2v) is 5.67. The second-order valence-electron chi connectivity index (χ2n) is 3.94. The molecule has 1 rings (SSSR count). The number of carboxylic acid groups (broad SMARTS) is 1. The molecule has 0 heterocycles. The highest BCUT2D eigenvalue weighted by atomic mass is 32.2. The summed E-state index contributed by atoms with van der Waals surface area (Å²) in [5.74, 6) is -2.33. The van der Waals surface area contributed by atoms with Crippen LogP contribution in [-0.4, -0.2) is 38.3 Å². The van der Waals surface area contributed by atoms with E-state index >= 15 is 0 Å². The quantitative estimate of drug-likeness (QED) is 0.790. The van der Waals surface area contributed by atoms with Crippen LogP contribution in [0.15, 0.2) is 24.3 Å². The van der Waals surface area contributed by atoms with Crippen molar-refractivity contribution in [2.75, 3.05) is 28.5 Å². The van der Waals surface area contributed by atoms with E-state index in [1.54, 1.807) is 18.2 Å². The van der Waals surface area contributed by atoms with Gasteiger partial charge in [0, 0.05) is 13.1 Å². The molecule has 0 aromatic heterocycles. The molecule has 0 aliphatic heterocycles. The van der Waals surface area contributed by atoms with Gasteiger partial charge >= 0.3 is 5.97 Å². The fourth-order valence-electron chi connectivity index (χ4n) is 1.77. The van der Waals surface area contributed by atoms with Crippen LogP contribution < -0.4 is 9.62 Å². The highest BCUT2D eigenvalue weighted by Crippen LogP contribution is 2.26. The molecular weight excluding hydrogens is 268 g/mol. The third-order valence-electron chi connectivity index (χ3n) is 2.59. The third kappa shape index (κ3) is 4.44. The maximum absolute atomic E-state index is 11.7. The van der Waals surface area contributed by atoms with Crippen molar-refractivity contribution in [1.82, 2.24) is 0 Å². The van der Waals surface area contributed by atoms with E-state index in [1.807, 2.05) is 24.8 Å². The van der Waals surface area contributed by atoms with E-state index in [2.05, 4.69) is 4.72 Å². The second kappa shape index (κ2) is 6.42. The lowest BCUT2D eigenvalue weighted by molar-refractivity contribution is -0.134. The SMILES string of the molecule is CCN(CC)c1ccccc1NS(=O)(=O)CC(=O)O. The Morgan fingerprint density at radius 2 is 1.84 bits per heavy atom. The molecule has 0 atom stereocenters. The summed E-state index contributed by atoms with van der Waals surface area (Å²) < 4.78 is 25.6. The highest BCUT2D eigenvalue weighted by Gasteiger charge is 2.18. The smallest absolute Gasteiger partial charge is 0.320 e. The van der Waals surface area contributed by atoms with E-state index in [9.17, 15) is 13.2 Å². The van der Waals surface area contributed by atoms with Crippen LogP contribution in [0.2, 0.25) is 0 Å². The van der Waals surface area contributed by atoms with E-state index in [-0.39, 0.29) is 0 Å². The summed E-state index contributed by atoms with van der Waals surface area (Å²) >= 11 is 0. The zero-order chi connectivity index (χ0) is 14.5. The van der Waals surface area contributed by atoms with Crippen molar-refractivity contribution in [3.63, 3.8) is 0 Å². The van der Waals surface area contributed by atoms with Gasteiger partial charge in [-0.2, -0.15) is 0 Å². The summed E-state index contributed by atoms with van der Waals surface area (Å²) in [4.78, 5) is 12.5. The lowest BCUT2D eigenvalue weighted by Gasteiger charge is -2.24. The standard InChI is InChI=1S/C12H18N2O4S/c1-3-14(4-2)11-8-6-5-7-10(11)13-19(17,18)9-12(15)16/h5-8,13H,3-4,9H2,1-2H3,(H,15,16). The van der Waals surface area contributed by atoms with Gasteiger partial charge in [-0.25, -0.2) is 8.42 Å². The number of anilines is 2. The van der Waals surface area contributed by atoms with E-state index in [4.69, 9.17) is 5.11 Å². The predicted molar refractivity (Wildman–Crippen MR) is 75.0 cm³/mol. The summed E-state index contributed by atoms with van der Waals surface area (Å²) in [5.41, 5.74) is 1.13. The average molecular weight is 286 g/mol.